The van der Waals surface area contributed by atoms with E-state index < -0.39 is 0 Å². The van der Waals surface area contributed by atoms with Gasteiger partial charge in [-0.05, 0) is 25.5 Å². The molecule has 1 unspecified atom stereocenters. The lowest BCUT2D eigenvalue weighted by atomic mass is 10.2. The number of aromatic nitrogens is 3. The van der Waals surface area contributed by atoms with Gasteiger partial charge in [0, 0.05) is 11.7 Å². The van der Waals surface area contributed by atoms with Gasteiger partial charge in [-0.1, -0.05) is 25.1 Å². The number of rotatable bonds is 5. The fourth-order valence-electron chi connectivity index (χ4n) is 1.59. The van der Waals surface area contributed by atoms with Gasteiger partial charge in [-0.2, -0.15) is 0 Å². The first-order valence-corrected chi connectivity index (χ1v) is 5.99. The Hall–Kier alpha value is -1.68. The van der Waals surface area contributed by atoms with Crippen LogP contribution in [0.5, 0.6) is 0 Å². The maximum atomic E-state index is 4.15. The molecular formula is C13H18N4. The smallest absolute Gasteiger partial charge is 0.151 e. The zero-order valence-electron chi connectivity index (χ0n) is 10.3. The van der Waals surface area contributed by atoms with Crippen molar-refractivity contribution >= 4 is 0 Å². The highest BCUT2D eigenvalue weighted by Gasteiger charge is 2.06. The summed E-state index contributed by atoms with van der Waals surface area (Å²) in [4.78, 5) is 0. The molecule has 0 aliphatic carbocycles. The molecule has 2 rings (SSSR count). The summed E-state index contributed by atoms with van der Waals surface area (Å²) in [5, 5.41) is 11.5. The molecule has 0 radical (unpaired) electrons. The van der Waals surface area contributed by atoms with Crippen molar-refractivity contribution in [3.05, 3.63) is 42.5 Å². The van der Waals surface area contributed by atoms with E-state index in [0.29, 0.717) is 6.04 Å². The molecule has 2 aromatic rings. The third-order valence-corrected chi connectivity index (χ3v) is 2.87. The van der Waals surface area contributed by atoms with E-state index in [1.807, 2.05) is 22.8 Å². The van der Waals surface area contributed by atoms with Gasteiger partial charge < -0.3 is 5.32 Å². The monoisotopic (exact) mass is 230 g/mol. The number of para-hydroxylation sites is 1. The molecule has 0 saturated carbocycles. The highest BCUT2D eigenvalue weighted by atomic mass is 15.3. The van der Waals surface area contributed by atoms with E-state index in [4.69, 9.17) is 0 Å². The third kappa shape index (κ3) is 2.91. The van der Waals surface area contributed by atoms with Gasteiger partial charge in [-0.25, -0.2) is 0 Å². The molecule has 4 nitrogen and oxygen atoms in total. The Labute approximate surface area is 102 Å². The average Bonchev–Trinajstić information content (AvgIpc) is 2.85. The lowest BCUT2D eigenvalue weighted by molar-refractivity contribution is 0.519. The van der Waals surface area contributed by atoms with Crippen LogP contribution in [0.2, 0.25) is 0 Å². The molecule has 1 N–H and O–H groups in total. The summed E-state index contributed by atoms with van der Waals surface area (Å²) in [5.41, 5.74) is 1.10. The van der Waals surface area contributed by atoms with Crippen molar-refractivity contribution in [2.75, 3.05) is 0 Å². The van der Waals surface area contributed by atoms with Crippen LogP contribution in [0.15, 0.2) is 36.7 Å². The Balaban J connectivity index is 2.12. The van der Waals surface area contributed by atoms with Gasteiger partial charge in [0.15, 0.2) is 5.82 Å². The summed E-state index contributed by atoms with van der Waals surface area (Å²) < 4.78 is 2.01. The Morgan fingerprint density at radius 1 is 1.29 bits per heavy atom. The van der Waals surface area contributed by atoms with Crippen molar-refractivity contribution in [3.63, 3.8) is 0 Å². The second kappa shape index (κ2) is 5.59. The van der Waals surface area contributed by atoms with Crippen molar-refractivity contribution in [1.82, 2.24) is 20.1 Å². The molecule has 0 aliphatic rings. The fraction of sp³-hybridized carbons (Fsp3) is 0.385. The number of hydrogen-bond donors (Lipinski definition) is 1. The van der Waals surface area contributed by atoms with Crippen molar-refractivity contribution < 1.29 is 0 Å². The van der Waals surface area contributed by atoms with Crippen molar-refractivity contribution in [2.24, 2.45) is 0 Å². The van der Waals surface area contributed by atoms with Crippen LogP contribution < -0.4 is 5.32 Å². The first-order chi connectivity index (χ1) is 8.31. The van der Waals surface area contributed by atoms with Gasteiger partial charge in [0.1, 0.15) is 6.33 Å². The van der Waals surface area contributed by atoms with Crippen LogP contribution in [0.25, 0.3) is 5.69 Å². The van der Waals surface area contributed by atoms with E-state index in [-0.39, 0.29) is 0 Å². The number of hydrogen-bond acceptors (Lipinski definition) is 3. The van der Waals surface area contributed by atoms with Crippen LogP contribution in [0.1, 0.15) is 26.1 Å². The zero-order valence-corrected chi connectivity index (χ0v) is 10.3. The Morgan fingerprint density at radius 3 is 2.76 bits per heavy atom. The molecule has 1 aromatic carbocycles. The minimum atomic E-state index is 0.496. The quantitative estimate of drug-likeness (QED) is 0.856. The molecule has 4 heteroatoms. The summed E-state index contributed by atoms with van der Waals surface area (Å²) >= 11 is 0. The Kier molecular flexibility index (Phi) is 3.88. The second-order valence-corrected chi connectivity index (χ2v) is 4.14. The zero-order chi connectivity index (χ0) is 12.1. The third-order valence-electron chi connectivity index (χ3n) is 2.87. The standard InChI is InChI=1S/C13H18N4/c1-3-11(2)14-9-13-16-15-10-17(13)12-7-5-4-6-8-12/h4-8,10-11,14H,3,9H2,1-2H3. The van der Waals surface area contributed by atoms with Crippen LogP contribution in [-0.2, 0) is 6.54 Å². The van der Waals surface area contributed by atoms with Crippen LogP contribution in [0, 0.1) is 0 Å². The van der Waals surface area contributed by atoms with Crippen molar-refractivity contribution in [1.29, 1.82) is 0 Å². The van der Waals surface area contributed by atoms with Crippen LogP contribution in [-0.4, -0.2) is 20.8 Å². The van der Waals surface area contributed by atoms with E-state index in [2.05, 4.69) is 41.5 Å². The van der Waals surface area contributed by atoms with E-state index in [9.17, 15) is 0 Å². The fourth-order valence-corrected chi connectivity index (χ4v) is 1.59. The van der Waals surface area contributed by atoms with Gasteiger partial charge in [0.2, 0.25) is 0 Å². The number of nitrogens with one attached hydrogen (secondary N) is 1. The maximum absolute atomic E-state index is 4.15. The number of nitrogens with zero attached hydrogens (tertiary/aromatic N) is 3. The normalized spacial score (nSPS) is 12.6. The van der Waals surface area contributed by atoms with E-state index >= 15 is 0 Å². The SMILES string of the molecule is CCC(C)NCc1nncn1-c1ccccc1. The van der Waals surface area contributed by atoms with Gasteiger partial charge in [0.25, 0.3) is 0 Å². The van der Waals surface area contributed by atoms with Gasteiger partial charge in [0.05, 0.1) is 6.54 Å². The minimum Gasteiger partial charge on any atom is -0.307 e. The average molecular weight is 230 g/mol. The van der Waals surface area contributed by atoms with Crippen LogP contribution >= 0.6 is 0 Å². The number of benzene rings is 1. The summed E-state index contributed by atoms with van der Waals surface area (Å²) in [6.07, 6.45) is 2.86. The molecule has 1 atom stereocenters. The van der Waals surface area contributed by atoms with E-state index in [1.54, 1.807) is 6.33 Å². The van der Waals surface area contributed by atoms with E-state index in [1.165, 1.54) is 0 Å². The Morgan fingerprint density at radius 2 is 2.06 bits per heavy atom. The molecule has 0 spiro atoms. The molecule has 17 heavy (non-hydrogen) atoms. The molecule has 90 valence electrons. The minimum absolute atomic E-state index is 0.496. The molecule has 0 amide bonds. The lowest BCUT2D eigenvalue weighted by Crippen LogP contribution is -2.26. The summed E-state index contributed by atoms with van der Waals surface area (Å²) in [6, 6.07) is 10.6. The van der Waals surface area contributed by atoms with E-state index in [0.717, 1.165) is 24.5 Å². The first-order valence-electron chi connectivity index (χ1n) is 5.99. The molecular weight excluding hydrogens is 212 g/mol. The van der Waals surface area contributed by atoms with Gasteiger partial charge >= 0.3 is 0 Å². The second-order valence-electron chi connectivity index (χ2n) is 4.14. The lowest BCUT2D eigenvalue weighted by Gasteiger charge is -2.11. The topological polar surface area (TPSA) is 42.7 Å². The van der Waals surface area contributed by atoms with Gasteiger partial charge in [-0.3, -0.25) is 4.57 Å². The van der Waals surface area contributed by atoms with Crippen molar-refractivity contribution in [2.45, 2.75) is 32.9 Å². The summed E-state index contributed by atoms with van der Waals surface area (Å²) in [6.45, 7) is 5.08. The van der Waals surface area contributed by atoms with Crippen molar-refractivity contribution in [3.8, 4) is 5.69 Å². The highest BCUT2D eigenvalue weighted by Crippen LogP contribution is 2.08. The Bertz CT molecular complexity index is 449. The highest BCUT2D eigenvalue weighted by molar-refractivity contribution is 5.31. The molecule has 0 fully saturated rings. The largest absolute Gasteiger partial charge is 0.307 e. The molecule has 0 bridgehead atoms. The molecule has 0 saturated heterocycles. The molecule has 1 aromatic heterocycles. The predicted molar refractivity (Wildman–Crippen MR) is 68.0 cm³/mol. The summed E-state index contributed by atoms with van der Waals surface area (Å²) in [7, 11) is 0. The molecule has 1 heterocycles. The maximum Gasteiger partial charge on any atom is 0.151 e. The predicted octanol–water partition coefficient (Wildman–Crippen LogP) is 2.16. The van der Waals surface area contributed by atoms with Gasteiger partial charge in [-0.15, -0.1) is 10.2 Å². The van der Waals surface area contributed by atoms with Crippen LogP contribution in [0.3, 0.4) is 0 Å². The first kappa shape index (κ1) is 11.8. The summed E-state index contributed by atoms with van der Waals surface area (Å²) in [5.74, 6) is 0.941. The van der Waals surface area contributed by atoms with Crippen LogP contribution in [0.4, 0.5) is 0 Å². The molecule has 0 aliphatic heterocycles.